The molecule has 156 valence electrons. The Kier molecular flexibility index (Phi) is 5.39. The van der Waals surface area contributed by atoms with Gasteiger partial charge in [-0.05, 0) is 34.7 Å². The fourth-order valence-electron chi connectivity index (χ4n) is 3.94. The van der Waals surface area contributed by atoms with E-state index in [4.69, 9.17) is 0 Å². The van der Waals surface area contributed by atoms with Gasteiger partial charge < -0.3 is 0 Å². The van der Waals surface area contributed by atoms with Crippen LogP contribution in [0.5, 0.6) is 0 Å². The van der Waals surface area contributed by atoms with E-state index in [-0.39, 0.29) is 0 Å². The number of hydrogen-bond donors (Lipinski definition) is 0. The third-order valence-corrected chi connectivity index (χ3v) is 5.76. The van der Waals surface area contributed by atoms with E-state index in [0.717, 1.165) is 28.5 Å². The van der Waals surface area contributed by atoms with E-state index in [1.54, 1.807) is 0 Å². The smallest absolute Gasteiger partial charge is 0.168 e. The zero-order valence-corrected chi connectivity index (χ0v) is 18.3. The maximum absolute atomic E-state index is 4.61. The SMILES string of the molecule is CC(C)c1ccc(-c2nnc(-c3ccc(-c4ccccc4)cc3)n2-c2ccccc2)cc1. The lowest BCUT2D eigenvalue weighted by atomic mass is 10.0. The summed E-state index contributed by atoms with van der Waals surface area (Å²) in [5.41, 5.74) is 6.84. The van der Waals surface area contributed by atoms with Crippen LogP contribution in [0, 0.1) is 0 Å². The van der Waals surface area contributed by atoms with E-state index in [0.29, 0.717) is 5.92 Å². The maximum Gasteiger partial charge on any atom is 0.168 e. The van der Waals surface area contributed by atoms with Crippen molar-refractivity contribution in [3.05, 3.63) is 115 Å². The normalized spacial score (nSPS) is 11.1. The Morgan fingerprint density at radius 2 is 0.938 bits per heavy atom. The molecule has 3 heteroatoms. The van der Waals surface area contributed by atoms with Gasteiger partial charge in [0.15, 0.2) is 11.6 Å². The molecule has 0 fully saturated rings. The van der Waals surface area contributed by atoms with Gasteiger partial charge in [0.05, 0.1) is 0 Å². The summed E-state index contributed by atoms with van der Waals surface area (Å²) in [4.78, 5) is 0. The summed E-state index contributed by atoms with van der Waals surface area (Å²) in [6.45, 7) is 4.41. The van der Waals surface area contributed by atoms with Crippen molar-refractivity contribution in [1.29, 1.82) is 0 Å². The first-order valence-electron chi connectivity index (χ1n) is 11.0. The molecule has 5 aromatic rings. The van der Waals surface area contributed by atoms with Crippen LogP contribution in [0.3, 0.4) is 0 Å². The highest BCUT2D eigenvalue weighted by Crippen LogP contribution is 2.30. The largest absolute Gasteiger partial charge is 0.275 e. The Labute approximate surface area is 189 Å². The summed E-state index contributed by atoms with van der Waals surface area (Å²) < 4.78 is 2.14. The van der Waals surface area contributed by atoms with Gasteiger partial charge in [-0.15, -0.1) is 10.2 Å². The van der Waals surface area contributed by atoms with Crippen LogP contribution in [0.4, 0.5) is 0 Å². The highest BCUT2D eigenvalue weighted by atomic mass is 15.3. The lowest BCUT2D eigenvalue weighted by Crippen LogP contribution is -2.00. The Morgan fingerprint density at radius 3 is 1.47 bits per heavy atom. The molecule has 4 aromatic carbocycles. The van der Waals surface area contributed by atoms with E-state index in [2.05, 4.69) is 114 Å². The van der Waals surface area contributed by atoms with Crippen LogP contribution in [-0.4, -0.2) is 14.8 Å². The molecule has 0 saturated heterocycles. The molecular formula is C29H25N3. The Morgan fingerprint density at radius 1 is 0.500 bits per heavy atom. The number of para-hydroxylation sites is 1. The summed E-state index contributed by atoms with van der Waals surface area (Å²) >= 11 is 0. The zero-order chi connectivity index (χ0) is 21.9. The number of benzene rings is 4. The van der Waals surface area contributed by atoms with E-state index in [9.17, 15) is 0 Å². The van der Waals surface area contributed by atoms with E-state index >= 15 is 0 Å². The van der Waals surface area contributed by atoms with Gasteiger partial charge >= 0.3 is 0 Å². The second kappa shape index (κ2) is 8.64. The molecule has 0 aliphatic heterocycles. The molecule has 0 spiro atoms. The van der Waals surface area contributed by atoms with Crippen molar-refractivity contribution < 1.29 is 0 Å². The van der Waals surface area contributed by atoms with Gasteiger partial charge in [-0.3, -0.25) is 4.57 Å². The van der Waals surface area contributed by atoms with Crippen molar-refractivity contribution in [2.24, 2.45) is 0 Å². The summed E-state index contributed by atoms with van der Waals surface area (Å²) in [5.74, 6) is 2.17. The molecule has 0 amide bonds. The topological polar surface area (TPSA) is 30.7 Å². The van der Waals surface area contributed by atoms with Crippen molar-refractivity contribution in [3.8, 4) is 39.6 Å². The van der Waals surface area contributed by atoms with Crippen molar-refractivity contribution in [2.75, 3.05) is 0 Å². The van der Waals surface area contributed by atoms with Crippen LogP contribution in [0.15, 0.2) is 109 Å². The third kappa shape index (κ3) is 3.85. The lowest BCUT2D eigenvalue weighted by Gasteiger charge is -2.12. The second-order valence-corrected chi connectivity index (χ2v) is 8.24. The molecule has 0 N–H and O–H groups in total. The monoisotopic (exact) mass is 415 g/mol. The molecule has 1 heterocycles. The molecule has 0 aliphatic carbocycles. The van der Waals surface area contributed by atoms with E-state index in [1.807, 2.05) is 24.3 Å². The van der Waals surface area contributed by atoms with E-state index < -0.39 is 0 Å². The maximum atomic E-state index is 4.61. The van der Waals surface area contributed by atoms with Crippen molar-refractivity contribution >= 4 is 0 Å². The fourth-order valence-corrected chi connectivity index (χ4v) is 3.94. The van der Waals surface area contributed by atoms with Gasteiger partial charge in [0.2, 0.25) is 0 Å². The Hall–Kier alpha value is -3.98. The van der Waals surface area contributed by atoms with Crippen molar-refractivity contribution in [2.45, 2.75) is 19.8 Å². The highest BCUT2D eigenvalue weighted by molar-refractivity contribution is 5.71. The van der Waals surface area contributed by atoms with E-state index in [1.165, 1.54) is 16.7 Å². The summed E-state index contributed by atoms with van der Waals surface area (Å²) in [6, 6.07) is 37.9. The Balaban J connectivity index is 1.60. The zero-order valence-electron chi connectivity index (χ0n) is 18.3. The lowest BCUT2D eigenvalue weighted by molar-refractivity contribution is 0.866. The van der Waals surface area contributed by atoms with Crippen LogP contribution in [0.2, 0.25) is 0 Å². The average Bonchev–Trinajstić information content (AvgIpc) is 3.30. The summed E-state index contributed by atoms with van der Waals surface area (Å²) in [5, 5.41) is 9.22. The molecule has 32 heavy (non-hydrogen) atoms. The molecule has 0 aliphatic rings. The molecule has 0 radical (unpaired) electrons. The molecule has 3 nitrogen and oxygen atoms in total. The molecule has 0 saturated carbocycles. The van der Waals surface area contributed by atoms with Crippen molar-refractivity contribution in [3.63, 3.8) is 0 Å². The average molecular weight is 416 g/mol. The fraction of sp³-hybridized carbons (Fsp3) is 0.103. The number of nitrogens with zero attached hydrogens (tertiary/aromatic N) is 3. The highest BCUT2D eigenvalue weighted by Gasteiger charge is 2.17. The minimum absolute atomic E-state index is 0.495. The second-order valence-electron chi connectivity index (χ2n) is 8.24. The van der Waals surface area contributed by atoms with Crippen LogP contribution in [0.1, 0.15) is 25.3 Å². The molecule has 5 rings (SSSR count). The quantitative estimate of drug-likeness (QED) is 0.299. The third-order valence-electron chi connectivity index (χ3n) is 5.76. The van der Waals surface area contributed by atoms with Crippen LogP contribution >= 0.6 is 0 Å². The van der Waals surface area contributed by atoms with Gasteiger partial charge in [0.1, 0.15) is 0 Å². The van der Waals surface area contributed by atoms with Crippen LogP contribution in [0.25, 0.3) is 39.6 Å². The predicted octanol–water partition coefficient (Wildman–Crippen LogP) is 7.39. The molecular weight excluding hydrogens is 390 g/mol. The molecule has 0 atom stereocenters. The number of rotatable bonds is 5. The summed E-state index contributed by atoms with van der Waals surface area (Å²) in [6.07, 6.45) is 0. The first-order chi connectivity index (χ1) is 15.7. The molecule has 1 aromatic heterocycles. The first kappa shape index (κ1) is 20.0. The van der Waals surface area contributed by atoms with Gasteiger partial charge in [-0.25, -0.2) is 0 Å². The molecule has 0 unspecified atom stereocenters. The minimum atomic E-state index is 0.495. The number of aromatic nitrogens is 3. The minimum Gasteiger partial charge on any atom is -0.275 e. The standard InChI is InChI=1S/C29H25N3/c1-21(2)22-13-17-25(18-14-22)28-30-31-29(32(28)27-11-7-4-8-12-27)26-19-15-24(16-20-26)23-9-5-3-6-10-23/h3-21H,1-2H3. The first-order valence-corrected chi connectivity index (χ1v) is 11.0. The number of hydrogen-bond acceptors (Lipinski definition) is 2. The van der Waals surface area contributed by atoms with Crippen LogP contribution in [-0.2, 0) is 0 Å². The predicted molar refractivity (Wildman–Crippen MR) is 132 cm³/mol. The summed E-state index contributed by atoms with van der Waals surface area (Å²) in [7, 11) is 0. The Bertz CT molecular complexity index is 1300. The van der Waals surface area contributed by atoms with Gasteiger partial charge in [0.25, 0.3) is 0 Å². The van der Waals surface area contributed by atoms with Crippen LogP contribution < -0.4 is 0 Å². The van der Waals surface area contributed by atoms with Gasteiger partial charge in [-0.1, -0.05) is 111 Å². The van der Waals surface area contributed by atoms with Crippen molar-refractivity contribution in [1.82, 2.24) is 14.8 Å². The van der Waals surface area contributed by atoms with Gasteiger partial charge in [-0.2, -0.15) is 0 Å². The molecule has 0 bridgehead atoms. The van der Waals surface area contributed by atoms with Gasteiger partial charge in [0, 0.05) is 16.8 Å².